The number of sulfonamides is 1. The summed E-state index contributed by atoms with van der Waals surface area (Å²) < 4.78 is 27.4. The third kappa shape index (κ3) is 6.79. The molecular formula is C23H22N4O5S. The van der Waals surface area contributed by atoms with Crippen LogP contribution in [0.3, 0.4) is 0 Å². The number of amides is 1. The van der Waals surface area contributed by atoms with Gasteiger partial charge >= 0.3 is 0 Å². The van der Waals surface area contributed by atoms with Gasteiger partial charge in [0.1, 0.15) is 0 Å². The van der Waals surface area contributed by atoms with Gasteiger partial charge in [-0.05, 0) is 24.1 Å². The molecule has 170 valence electrons. The van der Waals surface area contributed by atoms with Gasteiger partial charge in [-0.3, -0.25) is 14.9 Å². The average molecular weight is 467 g/mol. The third-order valence-corrected chi connectivity index (χ3v) is 6.54. The van der Waals surface area contributed by atoms with Crippen molar-refractivity contribution in [3.63, 3.8) is 0 Å². The van der Waals surface area contributed by atoms with Crippen LogP contribution in [0.2, 0.25) is 0 Å². The van der Waals surface area contributed by atoms with E-state index in [1.54, 1.807) is 24.3 Å². The number of nitrogens with one attached hydrogen (secondary N) is 1. The number of nitro groups is 1. The van der Waals surface area contributed by atoms with Crippen molar-refractivity contribution < 1.29 is 18.1 Å². The second kappa shape index (κ2) is 11.1. The number of hydrazone groups is 1. The van der Waals surface area contributed by atoms with Crippen molar-refractivity contribution in [1.29, 1.82) is 0 Å². The number of nitro benzene ring substituents is 1. The summed E-state index contributed by atoms with van der Waals surface area (Å²) in [5.41, 5.74) is 3.54. The summed E-state index contributed by atoms with van der Waals surface area (Å²) in [6, 6.07) is 23.0. The number of carbonyl (C=O) groups is 1. The van der Waals surface area contributed by atoms with Gasteiger partial charge in [0.2, 0.25) is 10.0 Å². The van der Waals surface area contributed by atoms with Crippen molar-refractivity contribution in [3.05, 3.63) is 106 Å². The van der Waals surface area contributed by atoms with E-state index in [2.05, 4.69) is 10.5 Å². The van der Waals surface area contributed by atoms with E-state index in [9.17, 15) is 23.3 Å². The minimum Gasteiger partial charge on any atom is -0.272 e. The lowest BCUT2D eigenvalue weighted by Gasteiger charge is -2.21. The van der Waals surface area contributed by atoms with Crippen LogP contribution in [-0.2, 0) is 21.2 Å². The van der Waals surface area contributed by atoms with E-state index in [4.69, 9.17) is 0 Å². The Labute approximate surface area is 191 Å². The second-order valence-corrected chi connectivity index (χ2v) is 8.97. The first-order valence-corrected chi connectivity index (χ1v) is 11.5. The van der Waals surface area contributed by atoms with Crippen molar-refractivity contribution in [2.45, 2.75) is 11.3 Å². The number of hydrogen-bond donors (Lipinski definition) is 1. The molecule has 0 unspecified atom stereocenters. The van der Waals surface area contributed by atoms with Crippen LogP contribution in [0.15, 0.2) is 94.9 Å². The molecule has 0 aromatic heterocycles. The Balaban J connectivity index is 1.71. The van der Waals surface area contributed by atoms with Crippen molar-refractivity contribution in [1.82, 2.24) is 9.73 Å². The van der Waals surface area contributed by atoms with Crippen LogP contribution in [-0.4, -0.2) is 42.9 Å². The van der Waals surface area contributed by atoms with E-state index in [1.807, 2.05) is 30.3 Å². The van der Waals surface area contributed by atoms with E-state index in [0.717, 1.165) is 9.87 Å². The molecule has 3 aromatic carbocycles. The molecule has 1 amide bonds. The van der Waals surface area contributed by atoms with Crippen LogP contribution in [0.25, 0.3) is 0 Å². The van der Waals surface area contributed by atoms with Gasteiger partial charge in [0.25, 0.3) is 11.6 Å². The molecule has 0 atom stereocenters. The minimum absolute atomic E-state index is 0.0889. The smallest absolute Gasteiger partial charge is 0.270 e. The second-order valence-electron chi connectivity index (χ2n) is 7.03. The quantitative estimate of drug-likeness (QED) is 0.280. The molecule has 9 nitrogen and oxygen atoms in total. The Morgan fingerprint density at radius 2 is 1.67 bits per heavy atom. The maximum absolute atomic E-state index is 13.1. The molecule has 0 heterocycles. The van der Waals surface area contributed by atoms with Gasteiger partial charge in [-0.15, -0.1) is 0 Å². The van der Waals surface area contributed by atoms with Gasteiger partial charge in [-0.1, -0.05) is 60.7 Å². The largest absolute Gasteiger partial charge is 0.272 e. The lowest BCUT2D eigenvalue weighted by atomic mass is 10.1. The van der Waals surface area contributed by atoms with Crippen LogP contribution in [0.1, 0.15) is 11.1 Å². The zero-order valence-electron chi connectivity index (χ0n) is 17.6. The molecule has 10 heteroatoms. The zero-order chi connectivity index (χ0) is 23.7. The van der Waals surface area contributed by atoms with Gasteiger partial charge in [0, 0.05) is 24.2 Å². The Morgan fingerprint density at radius 1 is 1.00 bits per heavy atom. The Hall–Kier alpha value is -3.89. The molecule has 0 radical (unpaired) electrons. The predicted molar refractivity (Wildman–Crippen MR) is 124 cm³/mol. The van der Waals surface area contributed by atoms with Gasteiger partial charge < -0.3 is 0 Å². The first-order chi connectivity index (χ1) is 15.9. The van der Waals surface area contributed by atoms with Crippen molar-refractivity contribution in [2.24, 2.45) is 5.10 Å². The molecule has 3 rings (SSSR count). The van der Waals surface area contributed by atoms with Crippen LogP contribution in [0.4, 0.5) is 5.69 Å². The molecule has 0 spiro atoms. The fourth-order valence-electron chi connectivity index (χ4n) is 3.02. The molecular weight excluding hydrogens is 444 g/mol. The Kier molecular flexibility index (Phi) is 8.01. The molecule has 33 heavy (non-hydrogen) atoms. The predicted octanol–water partition coefficient (Wildman–Crippen LogP) is 2.98. The average Bonchev–Trinajstić information content (AvgIpc) is 2.83. The minimum atomic E-state index is -3.91. The van der Waals surface area contributed by atoms with Gasteiger partial charge in [0.05, 0.1) is 22.6 Å². The number of hydrogen-bond acceptors (Lipinski definition) is 6. The number of carbonyl (C=O) groups excluding carboxylic acids is 1. The summed E-state index contributed by atoms with van der Waals surface area (Å²) >= 11 is 0. The molecule has 0 aliphatic heterocycles. The van der Waals surface area contributed by atoms with Crippen LogP contribution >= 0.6 is 0 Å². The lowest BCUT2D eigenvalue weighted by molar-refractivity contribution is -0.384. The first kappa shape index (κ1) is 23.8. The molecule has 0 saturated carbocycles. The fraction of sp³-hybridized carbons (Fsp3) is 0.130. The van der Waals surface area contributed by atoms with Crippen LogP contribution in [0.5, 0.6) is 0 Å². The molecule has 0 aliphatic rings. The van der Waals surface area contributed by atoms with Gasteiger partial charge in [-0.25, -0.2) is 13.8 Å². The summed E-state index contributed by atoms with van der Waals surface area (Å²) in [7, 11) is -3.91. The summed E-state index contributed by atoms with van der Waals surface area (Å²) in [5.74, 6) is -0.635. The summed E-state index contributed by atoms with van der Waals surface area (Å²) in [6.07, 6.45) is 1.68. The highest BCUT2D eigenvalue weighted by Crippen LogP contribution is 2.16. The molecule has 0 bridgehead atoms. The van der Waals surface area contributed by atoms with E-state index < -0.39 is 27.4 Å². The molecule has 0 aliphatic carbocycles. The number of benzene rings is 3. The highest BCUT2D eigenvalue weighted by Gasteiger charge is 2.26. The SMILES string of the molecule is O=C(CN(CCc1ccccc1)S(=O)(=O)c1ccccc1)N/N=C\c1cccc([N+](=O)[O-])c1. The Morgan fingerprint density at radius 3 is 2.33 bits per heavy atom. The van der Waals surface area contributed by atoms with E-state index in [1.165, 1.54) is 36.5 Å². The maximum Gasteiger partial charge on any atom is 0.270 e. The molecule has 0 fully saturated rings. The standard InChI is InChI=1S/C23H22N4O5S/c28-23(25-24-17-20-10-7-11-21(16-20)27(29)30)18-26(15-14-19-8-3-1-4-9-19)33(31,32)22-12-5-2-6-13-22/h1-13,16-17H,14-15,18H2,(H,25,28)/b24-17-. The van der Waals surface area contributed by atoms with Crippen molar-refractivity contribution in [2.75, 3.05) is 13.1 Å². The zero-order valence-corrected chi connectivity index (χ0v) is 18.4. The fourth-order valence-corrected chi connectivity index (χ4v) is 4.44. The number of non-ortho nitro benzene ring substituents is 1. The number of nitrogens with zero attached hydrogens (tertiary/aromatic N) is 3. The van der Waals surface area contributed by atoms with E-state index in [-0.39, 0.29) is 17.1 Å². The normalized spacial score (nSPS) is 11.5. The molecule has 1 N–H and O–H groups in total. The lowest BCUT2D eigenvalue weighted by Crippen LogP contribution is -2.40. The maximum atomic E-state index is 13.1. The Bertz CT molecular complexity index is 1230. The highest BCUT2D eigenvalue weighted by atomic mass is 32.2. The van der Waals surface area contributed by atoms with Crippen LogP contribution < -0.4 is 5.43 Å². The van der Waals surface area contributed by atoms with Crippen LogP contribution in [0, 0.1) is 10.1 Å². The van der Waals surface area contributed by atoms with Gasteiger partial charge in [0.15, 0.2) is 0 Å². The molecule has 3 aromatic rings. The van der Waals surface area contributed by atoms with E-state index in [0.29, 0.717) is 12.0 Å². The van der Waals surface area contributed by atoms with Gasteiger partial charge in [-0.2, -0.15) is 9.41 Å². The first-order valence-electron chi connectivity index (χ1n) is 10.0. The monoisotopic (exact) mass is 466 g/mol. The summed E-state index contributed by atoms with van der Waals surface area (Å²) in [4.78, 5) is 22.9. The third-order valence-electron chi connectivity index (χ3n) is 4.68. The van der Waals surface area contributed by atoms with Crippen molar-refractivity contribution in [3.8, 4) is 0 Å². The van der Waals surface area contributed by atoms with Crippen molar-refractivity contribution >= 4 is 27.8 Å². The topological polar surface area (TPSA) is 122 Å². The summed E-state index contributed by atoms with van der Waals surface area (Å²) in [6.45, 7) is -0.334. The summed E-state index contributed by atoms with van der Waals surface area (Å²) in [5, 5.41) is 14.7. The number of rotatable bonds is 10. The molecule has 0 saturated heterocycles. The highest BCUT2D eigenvalue weighted by molar-refractivity contribution is 7.89. The van der Waals surface area contributed by atoms with E-state index >= 15 is 0 Å².